The van der Waals surface area contributed by atoms with Crippen LogP contribution in [0.4, 0.5) is 4.39 Å². The minimum absolute atomic E-state index is 0. The summed E-state index contributed by atoms with van der Waals surface area (Å²) in [5.74, 6) is 0.579. The monoisotopic (exact) mass is 309 g/mol. The van der Waals surface area contributed by atoms with E-state index in [0.29, 0.717) is 29.3 Å². The summed E-state index contributed by atoms with van der Waals surface area (Å²) in [6.07, 6.45) is 2.39. The summed E-state index contributed by atoms with van der Waals surface area (Å²) in [4.78, 5) is 0. The van der Waals surface area contributed by atoms with Gasteiger partial charge in [-0.25, -0.2) is 4.39 Å². The molecule has 1 aliphatic carbocycles. The molecule has 2 rings (SSSR count). The summed E-state index contributed by atoms with van der Waals surface area (Å²) >= 11 is 3.29. The largest absolute Gasteiger partial charge is 0.489 e. The van der Waals surface area contributed by atoms with E-state index in [2.05, 4.69) is 15.9 Å². The van der Waals surface area contributed by atoms with Crippen molar-refractivity contribution in [2.45, 2.75) is 19.4 Å². The lowest BCUT2D eigenvalue weighted by Crippen LogP contribution is -2.03. The zero-order valence-corrected chi connectivity index (χ0v) is 11.1. The van der Waals surface area contributed by atoms with Crippen molar-refractivity contribution in [1.82, 2.24) is 0 Å². The van der Waals surface area contributed by atoms with Gasteiger partial charge in [-0.05, 0) is 52.4 Å². The predicted octanol–water partition coefficient (Wildman–Crippen LogP) is 3.26. The van der Waals surface area contributed by atoms with Crippen molar-refractivity contribution >= 4 is 28.3 Å². The van der Waals surface area contributed by atoms with Crippen molar-refractivity contribution in [3.05, 3.63) is 28.0 Å². The highest BCUT2D eigenvalue weighted by atomic mass is 79.9. The summed E-state index contributed by atoms with van der Waals surface area (Å²) in [6.45, 7) is 0.940. The Hall–Kier alpha value is -0.320. The Kier molecular flexibility index (Phi) is 5.02. The highest BCUT2D eigenvalue weighted by Gasteiger charge is 2.23. The normalized spacial score (nSPS) is 14.4. The van der Waals surface area contributed by atoms with Gasteiger partial charge in [-0.3, -0.25) is 0 Å². The molecule has 0 amide bonds. The van der Waals surface area contributed by atoms with Crippen LogP contribution in [0.3, 0.4) is 0 Å². The molecule has 1 aliphatic rings. The summed E-state index contributed by atoms with van der Waals surface area (Å²) in [7, 11) is 0. The number of hydrogen-bond acceptors (Lipinski definition) is 2. The molecule has 0 bridgehead atoms. The first-order valence-corrected chi connectivity index (χ1v) is 5.81. The Morgan fingerprint density at radius 2 is 2.12 bits per heavy atom. The molecule has 1 aromatic carbocycles. The zero-order chi connectivity index (χ0) is 10.8. The lowest BCUT2D eigenvalue weighted by molar-refractivity contribution is 0.283. The van der Waals surface area contributed by atoms with E-state index in [9.17, 15) is 4.39 Å². The number of hydrogen-bond donors (Lipinski definition) is 1. The first-order valence-electron chi connectivity index (χ1n) is 5.01. The van der Waals surface area contributed by atoms with Crippen LogP contribution in [0.25, 0.3) is 0 Å². The SMILES string of the molecule is Cl.NCc1cc(F)c(OCC2CC2)c(Br)c1. The van der Waals surface area contributed by atoms with Crippen molar-refractivity contribution < 1.29 is 9.13 Å². The molecular formula is C11H14BrClFNO. The second kappa shape index (κ2) is 5.84. The van der Waals surface area contributed by atoms with Crippen LogP contribution < -0.4 is 10.5 Å². The number of rotatable bonds is 4. The van der Waals surface area contributed by atoms with E-state index in [1.54, 1.807) is 6.07 Å². The molecule has 2 N–H and O–H groups in total. The van der Waals surface area contributed by atoms with Crippen molar-refractivity contribution in [3.63, 3.8) is 0 Å². The molecule has 0 atom stereocenters. The van der Waals surface area contributed by atoms with Crippen LogP contribution in [0.15, 0.2) is 16.6 Å². The lowest BCUT2D eigenvalue weighted by atomic mass is 10.2. The fourth-order valence-corrected chi connectivity index (χ4v) is 1.95. The second-order valence-electron chi connectivity index (χ2n) is 3.85. The maximum Gasteiger partial charge on any atom is 0.169 e. The van der Waals surface area contributed by atoms with Gasteiger partial charge in [-0.2, -0.15) is 0 Å². The van der Waals surface area contributed by atoms with Gasteiger partial charge >= 0.3 is 0 Å². The van der Waals surface area contributed by atoms with Gasteiger partial charge in [0.25, 0.3) is 0 Å². The van der Waals surface area contributed by atoms with Crippen LogP contribution in [0.1, 0.15) is 18.4 Å². The molecule has 0 unspecified atom stereocenters. The molecule has 0 aliphatic heterocycles. The molecule has 5 heteroatoms. The van der Waals surface area contributed by atoms with E-state index >= 15 is 0 Å². The van der Waals surface area contributed by atoms with Crippen molar-refractivity contribution in [2.24, 2.45) is 11.7 Å². The number of halogens is 3. The van der Waals surface area contributed by atoms with Gasteiger partial charge < -0.3 is 10.5 Å². The maximum absolute atomic E-state index is 13.6. The Bertz CT molecular complexity index is 348. The topological polar surface area (TPSA) is 35.2 Å². The predicted molar refractivity (Wildman–Crippen MR) is 67.5 cm³/mol. The Labute approximate surface area is 109 Å². The molecule has 0 heterocycles. The van der Waals surface area contributed by atoms with Gasteiger partial charge in [-0.15, -0.1) is 12.4 Å². The quantitative estimate of drug-likeness (QED) is 0.926. The van der Waals surface area contributed by atoms with E-state index in [0.717, 1.165) is 5.56 Å². The lowest BCUT2D eigenvalue weighted by Gasteiger charge is -2.10. The highest BCUT2D eigenvalue weighted by molar-refractivity contribution is 9.10. The Balaban J connectivity index is 0.00000128. The molecule has 0 spiro atoms. The standard InChI is InChI=1S/C11H13BrFNO.ClH/c12-9-3-8(5-14)4-10(13)11(9)15-6-7-1-2-7;/h3-4,7H,1-2,5-6,14H2;1H. The van der Waals surface area contributed by atoms with Crippen LogP contribution in [-0.2, 0) is 6.54 Å². The molecule has 0 saturated heterocycles. The molecule has 1 fully saturated rings. The third-order valence-corrected chi connectivity index (χ3v) is 3.04. The van der Waals surface area contributed by atoms with Crippen LogP contribution in [0.2, 0.25) is 0 Å². The third-order valence-electron chi connectivity index (χ3n) is 2.45. The molecule has 16 heavy (non-hydrogen) atoms. The fraction of sp³-hybridized carbons (Fsp3) is 0.455. The summed E-state index contributed by atoms with van der Waals surface area (Å²) in [5.41, 5.74) is 6.20. The number of ether oxygens (including phenoxy) is 1. The van der Waals surface area contributed by atoms with E-state index in [1.807, 2.05) is 0 Å². The van der Waals surface area contributed by atoms with Gasteiger partial charge in [0.15, 0.2) is 11.6 Å². The molecule has 1 aromatic rings. The number of benzene rings is 1. The maximum atomic E-state index is 13.6. The zero-order valence-electron chi connectivity index (χ0n) is 8.71. The minimum Gasteiger partial charge on any atom is -0.489 e. The Morgan fingerprint density at radius 1 is 1.44 bits per heavy atom. The average Bonchev–Trinajstić information content (AvgIpc) is 3.00. The molecule has 90 valence electrons. The molecular weight excluding hydrogens is 296 g/mol. The molecule has 2 nitrogen and oxygen atoms in total. The molecule has 1 saturated carbocycles. The van der Waals surface area contributed by atoms with Crippen LogP contribution >= 0.6 is 28.3 Å². The third kappa shape index (κ3) is 3.34. The fourth-order valence-electron chi connectivity index (χ4n) is 1.35. The van der Waals surface area contributed by atoms with Crippen molar-refractivity contribution in [2.75, 3.05) is 6.61 Å². The van der Waals surface area contributed by atoms with E-state index in [4.69, 9.17) is 10.5 Å². The molecule has 0 radical (unpaired) electrons. The smallest absolute Gasteiger partial charge is 0.169 e. The van der Waals surface area contributed by atoms with Gasteiger partial charge in [-0.1, -0.05) is 0 Å². The highest BCUT2D eigenvalue weighted by Crippen LogP contribution is 2.33. The van der Waals surface area contributed by atoms with Gasteiger partial charge in [0.1, 0.15) is 0 Å². The van der Waals surface area contributed by atoms with Gasteiger partial charge in [0.2, 0.25) is 0 Å². The summed E-state index contributed by atoms with van der Waals surface area (Å²) in [6, 6.07) is 3.22. The van der Waals surface area contributed by atoms with Crippen LogP contribution in [-0.4, -0.2) is 6.61 Å². The summed E-state index contributed by atoms with van der Waals surface area (Å²) < 4.78 is 19.6. The van der Waals surface area contributed by atoms with E-state index in [-0.39, 0.29) is 18.2 Å². The second-order valence-corrected chi connectivity index (χ2v) is 4.70. The molecule has 0 aromatic heterocycles. The van der Waals surface area contributed by atoms with Crippen LogP contribution in [0, 0.1) is 11.7 Å². The van der Waals surface area contributed by atoms with Crippen LogP contribution in [0.5, 0.6) is 5.75 Å². The minimum atomic E-state index is -0.342. The van der Waals surface area contributed by atoms with Crippen molar-refractivity contribution in [1.29, 1.82) is 0 Å². The average molecular weight is 311 g/mol. The summed E-state index contributed by atoms with van der Waals surface area (Å²) in [5, 5.41) is 0. The van der Waals surface area contributed by atoms with Crippen molar-refractivity contribution in [3.8, 4) is 5.75 Å². The van der Waals surface area contributed by atoms with Gasteiger partial charge in [0, 0.05) is 6.54 Å². The Morgan fingerprint density at radius 3 is 2.62 bits per heavy atom. The van der Waals surface area contributed by atoms with E-state index < -0.39 is 0 Å². The first-order chi connectivity index (χ1) is 7.20. The van der Waals surface area contributed by atoms with E-state index in [1.165, 1.54) is 18.9 Å². The number of nitrogens with two attached hydrogens (primary N) is 1. The van der Waals surface area contributed by atoms with Gasteiger partial charge in [0.05, 0.1) is 11.1 Å². The first kappa shape index (κ1) is 13.7.